The van der Waals surface area contributed by atoms with Gasteiger partial charge < -0.3 is 14.7 Å². The summed E-state index contributed by atoms with van der Waals surface area (Å²) in [5, 5.41) is 13.6. The Hall–Kier alpha value is -2.55. The number of halogens is 3. The van der Waals surface area contributed by atoms with Crippen molar-refractivity contribution in [3.8, 4) is 11.4 Å². The van der Waals surface area contributed by atoms with Gasteiger partial charge in [-0.1, -0.05) is 12.8 Å². The van der Waals surface area contributed by atoms with E-state index >= 15 is 0 Å². The average Bonchev–Trinajstić information content (AvgIpc) is 3.06. The highest BCUT2D eigenvalue weighted by Crippen LogP contribution is 2.34. The van der Waals surface area contributed by atoms with Crippen molar-refractivity contribution in [2.24, 2.45) is 0 Å². The molecule has 0 aliphatic carbocycles. The number of benzene rings is 1. The van der Waals surface area contributed by atoms with Crippen LogP contribution in [0.1, 0.15) is 56.5 Å². The van der Waals surface area contributed by atoms with E-state index in [0.717, 1.165) is 19.3 Å². The quantitative estimate of drug-likeness (QED) is 0.377. The van der Waals surface area contributed by atoms with Crippen molar-refractivity contribution < 1.29 is 27.8 Å². The summed E-state index contributed by atoms with van der Waals surface area (Å²) in [4.78, 5) is 12.9. The standard InChI is InChI=1S/C23H32F3N3O3/c1-17-20(12-15-28(16-30)14-7-5-6-13-22(2,3)31)21(23(24,25)26)27-29(17)18-8-10-19(32-4)11-9-18/h8-11,16,31H,5-7,12-15H2,1-4H3. The van der Waals surface area contributed by atoms with Gasteiger partial charge in [-0.3, -0.25) is 4.79 Å². The maximum atomic E-state index is 13.7. The van der Waals surface area contributed by atoms with Crippen molar-refractivity contribution >= 4 is 6.41 Å². The summed E-state index contributed by atoms with van der Waals surface area (Å²) in [6.45, 7) is 5.73. The highest BCUT2D eigenvalue weighted by atomic mass is 19.4. The third-order valence-electron chi connectivity index (χ3n) is 5.36. The molecule has 2 rings (SSSR count). The molecule has 1 aromatic heterocycles. The molecule has 0 aliphatic rings. The van der Waals surface area contributed by atoms with Gasteiger partial charge in [0.25, 0.3) is 0 Å². The zero-order valence-electron chi connectivity index (χ0n) is 19.1. The fraction of sp³-hybridized carbons (Fsp3) is 0.565. The minimum atomic E-state index is -4.60. The second kappa shape index (κ2) is 10.8. The van der Waals surface area contributed by atoms with Gasteiger partial charge in [-0.05, 0) is 64.3 Å². The molecule has 0 spiro atoms. The van der Waals surface area contributed by atoms with Crippen molar-refractivity contribution in [2.75, 3.05) is 20.2 Å². The molecule has 0 saturated carbocycles. The van der Waals surface area contributed by atoms with Gasteiger partial charge in [0.15, 0.2) is 5.69 Å². The van der Waals surface area contributed by atoms with Crippen molar-refractivity contribution in [3.05, 3.63) is 41.2 Å². The zero-order chi connectivity index (χ0) is 23.9. The number of amides is 1. The van der Waals surface area contributed by atoms with E-state index in [1.807, 2.05) is 0 Å². The Kier molecular flexibility index (Phi) is 8.72. The van der Waals surface area contributed by atoms with Gasteiger partial charge in [0.1, 0.15) is 5.75 Å². The summed E-state index contributed by atoms with van der Waals surface area (Å²) in [7, 11) is 1.51. The second-order valence-corrected chi connectivity index (χ2v) is 8.53. The van der Waals surface area contributed by atoms with E-state index < -0.39 is 17.5 Å². The Morgan fingerprint density at radius 2 is 1.78 bits per heavy atom. The van der Waals surface area contributed by atoms with E-state index in [1.54, 1.807) is 45.0 Å². The molecule has 0 saturated heterocycles. The predicted molar refractivity (Wildman–Crippen MR) is 116 cm³/mol. The van der Waals surface area contributed by atoms with Gasteiger partial charge in [-0.25, -0.2) is 4.68 Å². The number of methoxy groups -OCH3 is 1. The number of aromatic nitrogens is 2. The summed E-state index contributed by atoms with van der Waals surface area (Å²) < 4.78 is 47.4. The van der Waals surface area contributed by atoms with Crippen molar-refractivity contribution in [2.45, 2.75) is 64.7 Å². The molecule has 1 N–H and O–H groups in total. The second-order valence-electron chi connectivity index (χ2n) is 8.53. The summed E-state index contributed by atoms with van der Waals surface area (Å²) in [5.41, 5.74) is -0.679. The molecule has 0 radical (unpaired) electrons. The van der Waals surface area contributed by atoms with Crippen LogP contribution >= 0.6 is 0 Å². The predicted octanol–water partition coefficient (Wildman–Crippen LogP) is 4.54. The lowest BCUT2D eigenvalue weighted by Gasteiger charge is -2.19. The lowest BCUT2D eigenvalue weighted by Crippen LogP contribution is -2.26. The van der Waals surface area contributed by atoms with Crippen LogP contribution in [0.3, 0.4) is 0 Å². The SMILES string of the molecule is COc1ccc(-n2nc(C(F)(F)F)c(CCN(C=O)CCCCCC(C)(C)O)c2C)cc1. The largest absolute Gasteiger partial charge is 0.497 e. The molecule has 1 heterocycles. The van der Waals surface area contributed by atoms with E-state index in [0.29, 0.717) is 36.5 Å². The smallest absolute Gasteiger partial charge is 0.435 e. The van der Waals surface area contributed by atoms with Crippen LogP contribution in [-0.2, 0) is 17.4 Å². The first kappa shape index (κ1) is 25.7. The molecule has 2 aromatic rings. The van der Waals surface area contributed by atoms with Gasteiger partial charge in [0.2, 0.25) is 6.41 Å². The Balaban J connectivity index is 2.10. The van der Waals surface area contributed by atoms with Crippen LogP contribution in [0.25, 0.3) is 5.69 Å². The van der Waals surface area contributed by atoms with Crippen molar-refractivity contribution in [1.82, 2.24) is 14.7 Å². The Labute approximate surface area is 187 Å². The van der Waals surface area contributed by atoms with Crippen LogP contribution in [-0.4, -0.2) is 52.0 Å². The van der Waals surface area contributed by atoms with E-state index in [2.05, 4.69) is 5.10 Å². The maximum Gasteiger partial charge on any atom is 0.435 e. The molecule has 1 aromatic carbocycles. The zero-order valence-corrected chi connectivity index (χ0v) is 19.1. The maximum absolute atomic E-state index is 13.7. The third kappa shape index (κ3) is 7.25. The molecule has 1 amide bonds. The first-order valence-electron chi connectivity index (χ1n) is 10.7. The molecular weight excluding hydrogens is 423 g/mol. The molecule has 32 heavy (non-hydrogen) atoms. The number of alkyl halides is 3. The lowest BCUT2D eigenvalue weighted by atomic mass is 10.0. The molecule has 9 heteroatoms. The number of carbonyl (C=O) groups excluding carboxylic acids is 1. The monoisotopic (exact) mass is 455 g/mol. The Morgan fingerprint density at radius 3 is 2.31 bits per heavy atom. The van der Waals surface area contributed by atoms with E-state index in [1.165, 1.54) is 16.7 Å². The van der Waals surface area contributed by atoms with Crippen LogP contribution in [0.2, 0.25) is 0 Å². The van der Waals surface area contributed by atoms with Crippen molar-refractivity contribution in [1.29, 1.82) is 0 Å². The normalized spacial score (nSPS) is 12.1. The van der Waals surface area contributed by atoms with E-state index in [9.17, 15) is 23.1 Å². The van der Waals surface area contributed by atoms with Gasteiger partial charge in [-0.2, -0.15) is 18.3 Å². The summed E-state index contributed by atoms with van der Waals surface area (Å²) in [5.74, 6) is 0.596. The number of unbranched alkanes of at least 4 members (excludes halogenated alkanes) is 2. The van der Waals surface area contributed by atoms with E-state index in [-0.39, 0.29) is 18.5 Å². The molecule has 0 unspecified atom stereocenters. The summed E-state index contributed by atoms with van der Waals surface area (Å²) in [6.07, 6.45) is -0.830. The van der Waals surface area contributed by atoms with Crippen molar-refractivity contribution in [3.63, 3.8) is 0 Å². The molecule has 0 atom stereocenters. The number of nitrogens with zero attached hydrogens (tertiary/aromatic N) is 3. The minimum absolute atomic E-state index is 0.0548. The number of hydrogen-bond acceptors (Lipinski definition) is 4. The van der Waals surface area contributed by atoms with Crippen LogP contribution < -0.4 is 4.74 Å². The topological polar surface area (TPSA) is 67.6 Å². The molecular formula is C23H32F3N3O3. The first-order valence-corrected chi connectivity index (χ1v) is 10.7. The number of aliphatic hydroxyl groups is 1. The number of rotatable bonds is 12. The van der Waals surface area contributed by atoms with Crippen LogP contribution in [0, 0.1) is 6.92 Å². The van der Waals surface area contributed by atoms with E-state index in [4.69, 9.17) is 4.74 Å². The highest BCUT2D eigenvalue weighted by Gasteiger charge is 2.38. The first-order chi connectivity index (χ1) is 15.0. The highest BCUT2D eigenvalue weighted by molar-refractivity contribution is 5.47. The average molecular weight is 456 g/mol. The minimum Gasteiger partial charge on any atom is -0.497 e. The lowest BCUT2D eigenvalue weighted by molar-refractivity contribution is -0.142. The van der Waals surface area contributed by atoms with Gasteiger partial charge >= 0.3 is 6.18 Å². The fourth-order valence-electron chi connectivity index (χ4n) is 3.56. The van der Waals surface area contributed by atoms with Gasteiger partial charge in [-0.15, -0.1) is 0 Å². The molecule has 0 bridgehead atoms. The number of hydrogen-bond donors (Lipinski definition) is 1. The van der Waals surface area contributed by atoms with Crippen LogP contribution in [0.5, 0.6) is 5.75 Å². The molecule has 6 nitrogen and oxygen atoms in total. The third-order valence-corrected chi connectivity index (χ3v) is 5.36. The number of ether oxygens (including phenoxy) is 1. The molecule has 178 valence electrons. The summed E-state index contributed by atoms with van der Waals surface area (Å²) >= 11 is 0. The Morgan fingerprint density at radius 1 is 1.12 bits per heavy atom. The fourth-order valence-corrected chi connectivity index (χ4v) is 3.56. The molecule has 0 fully saturated rings. The molecule has 0 aliphatic heterocycles. The van der Waals surface area contributed by atoms with Crippen LogP contribution in [0.15, 0.2) is 24.3 Å². The number of carbonyl (C=O) groups is 1. The summed E-state index contributed by atoms with van der Waals surface area (Å²) in [6, 6.07) is 6.62. The van der Waals surface area contributed by atoms with Crippen LogP contribution in [0.4, 0.5) is 13.2 Å². The van der Waals surface area contributed by atoms with Gasteiger partial charge in [0.05, 0.1) is 18.4 Å². The Bertz CT molecular complexity index is 872. The van der Waals surface area contributed by atoms with Gasteiger partial charge in [0, 0.05) is 24.3 Å².